The molecule has 0 unspecified atom stereocenters. The second-order valence-electron chi connectivity index (χ2n) is 4.55. The molecule has 1 heterocycles. The lowest BCUT2D eigenvalue weighted by Crippen LogP contribution is -2.42. The van der Waals surface area contributed by atoms with Crippen molar-refractivity contribution in [2.24, 2.45) is 11.1 Å². The molecular formula is C12H16FNO3S. The Morgan fingerprint density at radius 2 is 2.11 bits per heavy atom. The molecule has 6 heteroatoms. The first-order chi connectivity index (χ1) is 8.48. The zero-order chi connectivity index (χ0) is 13.2. The maximum Gasteiger partial charge on any atom is 0.212 e. The Hall–Kier alpha value is -0.980. The minimum atomic E-state index is -3.61. The average Bonchev–Trinajstić information content (AvgIpc) is 2.31. The summed E-state index contributed by atoms with van der Waals surface area (Å²) in [5.74, 6) is -0.609. The van der Waals surface area contributed by atoms with Crippen molar-refractivity contribution >= 4 is 10.0 Å². The summed E-state index contributed by atoms with van der Waals surface area (Å²) in [6.45, 7) is 0.685. The molecule has 0 bridgehead atoms. The average molecular weight is 273 g/mol. The van der Waals surface area contributed by atoms with Crippen LogP contribution >= 0.6 is 0 Å². The van der Waals surface area contributed by atoms with Gasteiger partial charge in [-0.3, -0.25) is 0 Å². The van der Waals surface area contributed by atoms with Crippen LogP contribution in [0.4, 0.5) is 4.39 Å². The van der Waals surface area contributed by atoms with E-state index in [9.17, 15) is 12.8 Å². The van der Waals surface area contributed by atoms with E-state index in [1.54, 1.807) is 18.2 Å². The lowest BCUT2D eigenvalue weighted by molar-refractivity contribution is 0.0570. The number of benzene rings is 1. The highest BCUT2D eigenvalue weighted by Gasteiger charge is 2.34. The van der Waals surface area contributed by atoms with Gasteiger partial charge in [-0.15, -0.1) is 0 Å². The second kappa shape index (κ2) is 5.34. The Bertz CT molecular complexity index is 518. The Morgan fingerprint density at radius 1 is 1.39 bits per heavy atom. The van der Waals surface area contributed by atoms with E-state index in [4.69, 9.17) is 9.88 Å². The Labute approximate surface area is 106 Å². The molecule has 1 saturated heterocycles. The van der Waals surface area contributed by atoms with Gasteiger partial charge in [0.15, 0.2) is 0 Å². The van der Waals surface area contributed by atoms with Gasteiger partial charge in [0, 0.05) is 12.5 Å². The minimum Gasteiger partial charge on any atom is -0.381 e. The van der Waals surface area contributed by atoms with Crippen LogP contribution in [0.25, 0.3) is 0 Å². The molecule has 1 aliphatic heterocycles. The van der Waals surface area contributed by atoms with Gasteiger partial charge in [-0.1, -0.05) is 18.2 Å². The van der Waals surface area contributed by atoms with Crippen molar-refractivity contribution in [2.45, 2.75) is 18.1 Å². The van der Waals surface area contributed by atoms with Gasteiger partial charge in [0.05, 0.1) is 11.9 Å². The zero-order valence-electron chi connectivity index (χ0n) is 9.88. The third kappa shape index (κ3) is 3.07. The summed E-state index contributed by atoms with van der Waals surface area (Å²) in [7, 11) is -3.61. The Morgan fingerprint density at radius 3 is 2.78 bits per heavy atom. The molecule has 1 aromatic carbocycles. The summed E-state index contributed by atoms with van der Waals surface area (Å²) in [6.07, 6.45) is 0.700. The first-order valence-corrected chi connectivity index (χ1v) is 7.42. The normalized spacial score (nSPS) is 25.0. The van der Waals surface area contributed by atoms with Gasteiger partial charge in [0.2, 0.25) is 10.0 Å². The van der Waals surface area contributed by atoms with E-state index in [1.807, 2.05) is 0 Å². The number of nitrogens with two attached hydrogens (primary N) is 1. The maximum atomic E-state index is 13.5. The number of halogens is 1. The standard InChI is InChI=1S/C12H16FNO3S/c13-11-4-2-1-3-9(11)7-10-8-17-6-5-12(10)18(14,15)16/h1-4,10,12H,5-8H2,(H2,14,15,16)/t10-,12+/m1/s1. The van der Waals surface area contributed by atoms with Crippen molar-refractivity contribution in [1.82, 2.24) is 0 Å². The fourth-order valence-electron chi connectivity index (χ4n) is 2.35. The number of primary sulfonamides is 1. The van der Waals surface area contributed by atoms with Gasteiger partial charge < -0.3 is 4.74 Å². The second-order valence-corrected chi connectivity index (χ2v) is 6.33. The van der Waals surface area contributed by atoms with Crippen molar-refractivity contribution in [1.29, 1.82) is 0 Å². The summed E-state index contributed by atoms with van der Waals surface area (Å²) in [4.78, 5) is 0. The minimum absolute atomic E-state index is 0.286. The molecule has 2 N–H and O–H groups in total. The number of hydrogen-bond donors (Lipinski definition) is 1. The number of sulfonamides is 1. The highest BCUT2D eigenvalue weighted by atomic mass is 32.2. The number of ether oxygens (including phenoxy) is 1. The van der Waals surface area contributed by atoms with Crippen LogP contribution in [0.15, 0.2) is 24.3 Å². The topological polar surface area (TPSA) is 69.4 Å². The van der Waals surface area contributed by atoms with Crippen molar-refractivity contribution in [3.63, 3.8) is 0 Å². The van der Waals surface area contributed by atoms with E-state index in [1.165, 1.54) is 6.07 Å². The third-order valence-corrected chi connectivity index (χ3v) is 4.73. The molecule has 0 spiro atoms. The van der Waals surface area contributed by atoms with Gasteiger partial charge in [0.25, 0.3) is 0 Å². The monoisotopic (exact) mass is 273 g/mol. The van der Waals surface area contributed by atoms with Gasteiger partial charge in [0.1, 0.15) is 5.82 Å². The third-order valence-electron chi connectivity index (χ3n) is 3.27. The van der Waals surface area contributed by atoms with E-state index < -0.39 is 15.3 Å². The number of hydrogen-bond acceptors (Lipinski definition) is 3. The SMILES string of the molecule is NS(=O)(=O)[C@H]1CCOC[C@H]1Cc1ccccc1F. The predicted octanol–water partition coefficient (Wildman–Crippen LogP) is 1.06. The van der Waals surface area contributed by atoms with Crippen molar-refractivity contribution in [3.05, 3.63) is 35.6 Å². The van der Waals surface area contributed by atoms with E-state index in [-0.39, 0.29) is 11.7 Å². The van der Waals surface area contributed by atoms with Gasteiger partial charge in [-0.25, -0.2) is 17.9 Å². The summed E-state index contributed by atoms with van der Waals surface area (Å²) >= 11 is 0. The smallest absolute Gasteiger partial charge is 0.212 e. The summed E-state index contributed by atoms with van der Waals surface area (Å²) in [6, 6.07) is 6.36. The Kier molecular flexibility index (Phi) is 3.99. The molecule has 18 heavy (non-hydrogen) atoms. The van der Waals surface area contributed by atoms with Crippen molar-refractivity contribution < 1.29 is 17.5 Å². The first-order valence-electron chi connectivity index (χ1n) is 5.81. The van der Waals surface area contributed by atoms with Gasteiger partial charge >= 0.3 is 0 Å². The van der Waals surface area contributed by atoms with Crippen LogP contribution in [0.5, 0.6) is 0 Å². The van der Waals surface area contributed by atoms with Crippen LogP contribution in [0, 0.1) is 11.7 Å². The van der Waals surface area contributed by atoms with Crippen LogP contribution in [0.3, 0.4) is 0 Å². The van der Waals surface area contributed by atoms with Gasteiger partial charge in [-0.2, -0.15) is 0 Å². The predicted molar refractivity (Wildman–Crippen MR) is 65.9 cm³/mol. The van der Waals surface area contributed by atoms with E-state index in [2.05, 4.69) is 0 Å². The van der Waals surface area contributed by atoms with Gasteiger partial charge in [-0.05, 0) is 24.5 Å². The summed E-state index contributed by atoms with van der Waals surface area (Å²) < 4.78 is 41.8. The fraction of sp³-hybridized carbons (Fsp3) is 0.500. The molecule has 0 saturated carbocycles. The fourth-order valence-corrected chi connectivity index (χ4v) is 3.48. The molecule has 1 aromatic rings. The molecule has 2 rings (SSSR count). The van der Waals surface area contributed by atoms with E-state index in [0.29, 0.717) is 31.6 Å². The van der Waals surface area contributed by atoms with Crippen LogP contribution < -0.4 is 5.14 Å². The van der Waals surface area contributed by atoms with Crippen LogP contribution in [-0.2, 0) is 21.2 Å². The van der Waals surface area contributed by atoms with E-state index in [0.717, 1.165) is 0 Å². The molecule has 1 fully saturated rings. The summed E-state index contributed by atoms with van der Waals surface area (Å²) in [5, 5.41) is 4.57. The lowest BCUT2D eigenvalue weighted by Gasteiger charge is -2.30. The highest BCUT2D eigenvalue weighted by molar-refractivity contribution is 7.89. The van der Waals surface area contributed by atoms with Crippen molar-refractivity contribution in [2.75, 3.05) is 13.2 Å². The van der Waals surface area contributed by atoms with Crippen LogP contribution in [0.2, 0.25) is 0 Å². The largest absolute Gasteiger partial charge is 0.381 e. The molecule has 0 aliphatic carbocycles. The van der Waals surface area contributed by atoms with Crippen molar-refractivity contribution in [3.8, 4) is 0 Å². The van der Waals surface area contributed by atoms with E-state index >= 15 is 0 Å². The molecule has 0 amide bonds. The van der Waals surface area contributed by atoms with Crippen LogP contribution in [-0.4, -0.2) is 26.9 Å². The number of rotatable bonds is 3. The molecular weight excluding hydrogens is 257 g/mol. The highest BCUT2D eigenvalue weighted by Crippen LogP contribution is 2.25. The zero-order valence-corrected chi connectivity index (χ0v) is 10.7. The molecule has 100 valence electrons. The lowest BCUT2D eigenvalue weighted by atomic mass is 9.93. The molecule has 2 atom stereocenters. The molecule has 4 nitrogen and oxygen atoms in total. The Balaban J connectivity index is 2.18. The molecule has 0 radical (unpaired) electrons. The summed E-state index contributed by atoms with van der Waals surface area (Å²) in [5.41, 5.74) is 0.502. The molecule has 0 aromatic heterocycles. The van der Waals surface area contributed by atoms with Crippen LogP contribution in [0.1, 0.15) is 12.0 Å². The maximum absolute atomic E-state index is 13.5. The first kappa shape index (κ1) is 13.5. The molecule has 1 aliphatic rings. The quantitative estimate of drug-likeness (QED) is 0.895.